The van der Waals surface area contributed by atoms with Gasteiger partial charge in [-0.05, 0) is 36.4 Å². The van der Waals surface area contributed by atoms with Gasteiger partial charge in [-0.15, -0.1) is 0 Å². The van der Waals surface area contributed by atoms with Gasteiger partial charge >= 0.3 is 0 Å². The minimum atomic E-state index is -1.84. The molecule has 4 nitrogen and oxygen atoms in total. The van der Waals surface area contributed by atoms with Crippen molar-refractivity contribution >= 4 is 40.7 Å². The van der Waals surface area contributed by atoms with E-state index in [1.54, 1.807) is 55.6 Å². The Hall–Kier alpha value is -1.62. The van der Waals surface area contributed by atoms with Crippen LogP contribution in [0.25, 0.3) is 0 Å². The van der Waals surface area contributed by atoms with Gasteiger partial charge in [-0.1, -0.05) is 53.0 Å². The highest BCUT2D eigenvalue weighted by molar-refractivity contribution is 6.68. The number of halogens is 3. The first-order chi connectivity index (χ1) is 10.9. The fourth-order valence-corrected chi connectivity index (χ4v) is 2.06. The van der Waals surface area contributed by atoms with Crippen LogP contribution in [0.4, 0.5) is 0 Å². The Labute approximate surface area is 149 Å². The summed E-state index contributed by atoms with van der Waals surface area (Å²) < 4.78 is 8.77. The summed E-state index contributed by atoms with van der Waals surface area (Å²) in [4.78, 5) is 12.3. The first-order valence-corrected chi connectivity index (χ1v) is 7.77. The van der Waals surface area contributed by atoms with Crippen LogP contribution in [0.1, 0.15) is 10.4 Å². The van der Waals surface area contributed by atoms with Crippen LogP contribution in [0.2, 0.25) is 0 Å². The lowest BCUT2D eigenvalue weighted by Gasteiger charge is -2.26. The normalized spacial score (nSPS) is 12.3. The molecule has 1 N–H and O–H groups in total. The molecule has 2 aromatic carbocycles. The molecule has 0 aliphatic rings. The SMILES string of the molecule is COc1ccc(C(=O)N[C@H](Oc2ccccc2)C(Cl)(Cl)Cl)cc1. The molecular formula is C16H14Cl3NO3. The summed E-state index contributed by atoms with van der Waals surface area (Å²) in [5, 5.41) is 2.56. The van der Waals surface area contributed by atoms with E-state index in [1.807, 2.05) is 6.07 Å². The van der Waals surface area contributed by atoms with E-state index < -0.39 is 15.9 Å². The van der Waals surface area contributed by atoms with Gasteiger partial charge < -0.3 is 14.8 Å². The minimum absolute atomic E-state index is 0.390. The molecule has 0 heterocycles. The molecule has 2 aromatic rings. The quantitative estimate of drug-likeness (QED) is 0.630. The highest BCUT2D eigenvalue weighted by Gasteiger charge is 2.36. The second-order valence-corrected chi connectivity index (χ2v) is 6.92. The van der Waals surface area contributed by atoms with E-state index >= 15 is 0 Å². The van der Waals surface area contributed by atoms with Gasteiger partial charge in [0.2, 0.25) is 10.0 Å². The van der Waals surface area contributed by atoms with Crippen LogP contribution in [-0.4, -0.2) is 23.0 Å². The Kier molecular flexibility index (Phi) is 5.99. The number of ether oxygens (including phenoxy) is 2. The van der Waals surface area contributed by atoms with Crippen molar-refractivity contribution in [3.63, 3.8) is 0 Å². The van der Waals surface area contributed by atoms with Gasteiger partial charge in [0.15, 0.2) is 0 Å². The van der Waals surface area contributed by atoms with Crippen LogP contribution >= 0.6 is 34.8 Å². The topological polar surface area (TPSA) is 47.6 Å². The molecule has 0 radical (unpaired) electrons. The van der Waals surface area contributed by atoms with E-state index in [9.17, 15) is 4.79 Å². The third kappa shape index (κ3) is 5.20. The van der Waals surface area contributed by atoms with Gasteiger partial charge in [-0.2, -0.15) is 0 Å². The van der Waals surface area contributed by atoms with Crippen LogP contribution in [0, 0.1) is 0 Å². The summed E-state index contributed by atoms with van der Waals surface area (Å²) in [5.41, 5.74) is 0.390. The summed E-state index contributed by atoms with van der Waals surface area (Å²) in [6.07, 6.45) is -1.15. The van der Waals surface area contributed by atoms with E-state index in [-0.39, 0.29) is 0 Å². The van der Waals surface area contributed by atoms with E-state index in [0.717, 1.165) is 0 Å². The van der Waals surface area contributed by atoms with Crippen molar-refractivity contribution < 1.29 is 14.3 Å². The average molecular weight is 375 g/mol. The van der Waals surface area contributed by atoms with Crippen molar-refractivity contribution in [3.05, 3.63) is 60.2 Å². The molecule has 23 heavy (non-hydrogen) atoms. The van der Waals surface area contributed by atoms with E-state index in [4.69, 9.17) is 44.3 Å². The number of amides is 1. The number of carbonyl (C=O) groups is 1. The van der Waals surface area contributed by atoms with Gasteiger partial charge in [0, 0.05) is 5.56 Å². The lowest BCUT2D eigenvalue weighted by Crippen LogP contribution is -2.47. The molecule has 0 saturated carbocycles. The van der Waals surface area contributed by atoms with Crippen molar-refractivity contribution in [2.75, 3.05) is 7.11 Å². The first kappa shape index (κ1) is 17.7. The summed E-state index contributed by atoms with van der Waals surface area (Å²) in [7, 11) is 1.54. The Morgan fingerprint density at radius 2 is 1.61 bits per heavy atom. The van der Waals surface area contributed by atoms with Crippen molar-refractivity contribution in [3.8, 4) is 11.5 Å². The zero-order valence-corrected chi connectivity index (χ0v) is 14.4. The zero-order chi connectivity index (χ0) is 16.9. The fraction of sp³-hybridized carbons (Fsp3) is 0.188. The minimum Gasteiger partial charge on any atom is -0.497 e. The summed E-state index contributed by atoms with van der Waals surface area (Å²) in [6, 6.07) is 15.3. The van der Waals surface area contributed by atoms with Crippen molar-refractivity contribution in [1.29, 1.82) is 0 Å². The molecule has 0 spiro atoms. The molecule has 1 amide bonds. The Morgan fingerprint density at radius 3 is 2.13 bits per heavy atom. The number of carbonyl (C=O) groups excluding carboxylic acids is 1. The largest absolute Gasteiger partial charge is 0.497 e. The molecule has 0 bridgehead atoms. The molecule has 1 atom stereocenters. The highest BCUT2D eigenvalue weighted by Crippen LogP contribution is 2.32. The molecule has 122 valence electrons. The molecule has 0 aliphatic heterocycles. The Balaban J connectivity index is 2.12. The third-order valence-electron chi connectivity index (χ3n) is 2.91. The van der Waals surface area contributed by atoms with Crippen molar-refractivity contribution in [2.45, 2.75) is 10.0 Å². The summed E-state index contributed by atoms with van der Waals surface area (Å²) >= 11 is 17.7. The lowest BCUT2D eigenvalue weighted by atomic mass is 10.2. The maximum Gasteiger partial charge on any atom is 0.254 e. The Bertz CT molecular complexity index is 642. The van der Waals surface area contributed by atoms with Crippen LogP contribution in [-0.2, 0) is 0 Å². The summed E-state index contributed by atoms with van der Waals surface area (Å²) in [5.74, 6) is 0.679. The van der Waals surface area contributed by atoms with Crippen molar-refractivity contribution in [2.24, 2.45) is 0 Å². The highest BCUT2D eigenvalue weighted by atomic mass is 35.6. The zero-order valence-electron chi connectivity index (χ0n) is 12.1. The smallest absolute Gasteiger partial charge is 0.254 e. The average Bonchev–Trinajstić information content (AvgIpc) is 2.54. The van der Waals surface area contributed by atoms with Crippen LogP contribution < -0.4 is 14.8 Å². The third-order valence-corrected chi connectivity index (χ3v) is 3.50. The molecule has 0 fully saturated rings. The number of hydrogen-bond donors (Lipinski definition) is 1. The standard InChI is InChI=1S/C16H14Cl3NO3/c1-22-12-9-7-11(8-10-12)14(21)20-15(16(17,18)19)23-13-5-3-2-4-6-13/h2-10,15H,1H3,(H,20,21)/t15-/m1/s1. The number of benzene rings is 2. The number of hydrogen-bond acceptors (Lipinski definition) is 3. The fourth-order valence-electron chi connectivity index (χ4n) is 1.76. The van der Waals surface area contributed by atoms with E-state index in [1.165, 1.54) is 0 Å². The van der Waals surface area contributed by atoms with E-state index in [0.29, 0.717) is 17.1 Å². The molecule has 0 aliphatic carbocycles. The number of nitrogens with one attached hydrogen (secondary N) is 1. The second kappa shape index (κ2) is 7.77. The summed E-state index contributed by atoms with van der Waals surface area (Å²) in [6.45, 7) is 0. The monoisotopic (exact) mass is 373 g/mol. The van der Waals surface area contributed by atoms with Crippen molar-refractivity contribution in [1.82, 2.24) is 5.32 Å². The molecule has 0 aromatic heterocycles. The lowest BCUT2D eigenvalue weighted by molar-refractivity contribution is 0.0833. The molecular weight excluding hydrogens is 361 g/mol. The van der Waals surface area contributed by atoms with E-state index in [2.05, 4.69) is 5.32 Å². The predicted octanol–water partition coefficient (Wildman–Crippen LogP) is 4.20. The number of methoxy groups -OCH3 is 1. The van der Waals surface area contributed by atoms with Gasteiger partial charge in [0.1, 0.15) is 11.5 Å². The first-order valence-electron chi connectivity index (χ1n) is 6.63. The van der Waals surface area contributed by atoms with Gasteiger partial charge in [0.05, 0.1) is 7.11 Å². The molecule has 2 rings (SSSR count). The van der Waals surface area contributed by atoms with Gasteiger partial charge in [-0.3, -0.25) is 4.79 Å². The van der Waals surface area contributed by atoms with Crippen LogP contribution in [0.15, 0.2) is 54.6 Å². The molecule has 0 unspecified atom stereocenters. The number of alkyl halides is 3. The van der Waals surface area contributed by atoms with Gasteiger partial charge in [0.25, 0.3) is 5.91 Å². The predicted molar refractivity (Wildman–Crippen MR) is 91.6 cm³/mol. The number of para-hydroxylation sites is 1. The maximum atomic E-state index is 12.3. The van der Waals surface area contributed by atoms with Crippen LogP contribution in [0.3, 0.4) is 0 Å². The maximum absolute atomic E-state index is 12.3. The number of rotatable bonds is 5. The molecule has 7 heteroatoms. The van der Waals surface area contributed by atoms with Gasteiger partial charge in [-0.25, -0.2) is 0 Å². The second-order valence-electron chi connectivity index (χ2n) is 4.55. The van der Waals surface area contributed by atoms with Crippen LogP contribution in [0.5, 0.6) is 11.5 Å². The Morgan fingerprint density at radius 1 is 1.00 bits per heavy atom. The molecule has 0 saturated heterocycles.